The molecule has 1 fully saturated rings. The average molecular weight is 298 g/mol. The van der Waals surface area contributed by atoms with Gasteiger partial charge in [-0.3, -0.25) is 14.3 Å². The van der Waals surface area contributed by atoms with E-state index in [1.54, 1.807) is 0 Å². The first-order valence-electron chi connectivity index (χ1n) is 7.01. The lowest BCUT2D eigenvalue weighted by atomic mass is 10.0. The monoisotopic (exact) mass is 298 g/mol. The van der Waals surface area contributed by atoms with Gasteiger partial charge in [0.2, 0.25) is 0 Å². The number of hydrogen-bond donors (Lipinski definition) is 3. The molecule has 118 valence electrons. The van der Waals surface area contributed by atoms with Crippen LogP contribution in [0.15, 0.2) is 9.59 Å². The van der Waals surface area contributed by atoms with Crippen molar-refractivity contribution in [3.05, 3.63) is 20.8 Å². The van der Waals surface area contributed by atoms with Gasteiger partial charge in [-0.2, -0.15) is 0 Å². The van der Waals surface area contributed by atoms with Crippen LogP contribution in [0.3, 0.4) is 0 Å². The molecule has 1 aromatic rings. The van der Waals surface area contributed by atoms with Gasteiger partial charge in [0.1, 0.15) is 11.5 Å². The third-order valence-electron chi connectivity index (χ3n) is 3.83. The SMILES string of the molecule is COCCn1c(N)c(NCC2CCOC2C)c(=O)[nH]c1=O. The lowest BCUT2D eigenvalue weighted by molar-refractivity contribution is 0.108. The lowest BCUT2D eigenvalue weighted by Crippen LogP contribution is -2.35. The van der Waals surface area contributed by atoms with Crippen molar-refractivity contribution in [3.8, 4) is 0 Å². The summed E-state index contributed by atoms with van der Waals surface area (Å²) in [7, 11) is 1.54. The van der Waals surface area contributed by atoms with Crippen molar-refractivity contribution in [1.29, 1.82) is 0 Å². The Kier molecular flexibility index (Phi) is 5.03. The summed E-state index contributed by atoms with van der Waals surface area (Å²) in [6.07, 6.45) is 1.09. The Morgan fingerprint density at radius 3 is 2.90 bits per heavy atom. The molecule has 0 saturated carbocycles. The summed E-state index contributed by atoms with van der Waals surface area (Å²) in [6.45, 7) is 3.94. The highest BCUT2D eigenvalue weighted by atomic mass is 16.5. The molecule has 2 atom stereocenters. The van der Waals surface area contributed by atoms with Gasteiger partial charge in [-0.15, -0.1) is 0 Å². The quantitative estimate of drug-likeness (QED) is 0.659. The molecule has 1 aliphatic rings. The normalized spacial score (nSPS) is 21.6. The van der Waals surface area contributed by atoms with Gasteiger partial charge in [-0.05, 0) is 13.3 Å². The van der Waals surface area contributed by atoms with E-state index in [0.717, 1.165) is 13.0 Å². The van der Waals surface area contributed by atoms with Crippen LogP contribution in [0.25, 0.3) is 0 Å². The highest BCUT2D eigenvalue weighted by Crippen LogP contribution is 2.21. The summed E-state index contributed by atoms with van der Waals surface area (Å²) in [5.41, 5.74) is 5.13. The number of ether oxygens (including phenoxy) is 2. The molecule has 8 heteroatoms. The average Bonchev–Trinajstić information content (AvgIpc) is 2.84. The van der Waals surface area contributed by atoms with Crippen molar-refractivity contribution in [2.24, 2.45) is 5.92 Å². The molecular weight excluding hydrogens is 276 g/mol. The van der Waals surface area contributed by atoms with Crippen LogP contribution in [-0.4, -0.2) is 42.5 Å². The molecule has 1 saturated heterocycles. The number of aromatic nitrogens is 2. The fourth-order valence-corrected chi connectivity index (χ4v) is 2.44. The maximum absolute atomic E-state index is 11.9. The van der Waals surface area contributed by atoms with E-state index in [0.29, 0.717) is 19.1 Å². The molecule has 2 heterocycles. The van der Waals surface area contributed by atoms with Gasteiger partial charge in [0.25, 0.3) is 5.56 Å². The second-order valence-corrected chi connectivity index (χ2v) is 5.17. The first kappa shape index (κ1) is 15.6. The van der Waals surface area contributed by atoms with Crippen LogP contribution in [0.1, 0.15) is 13.3 Å². The molecule has 0 amide bonds. The first-order valence-corrected chi connectivity index (χ1v) is 7.01. The Balaban J connectivity index is 2.18. The molecular formula is C13H22N4O4. The van der Waals surface area contributed by atoms with E-state index in [-0.39, 0.29) is 24.2 Å². The number of rotatable bonds is 6. The molecule has 1 aromatic heterocycles. The van der Waals surface area contributed by atoms with Crippen LogP contribution >= 0.6 is 0 Å². The van der Waals surface area contributed by atoms with E-state index < -0.39 is 11.2 Å². The number of anilines is 2. The molecule has 2 unspecified atom stereocenters. The number of nitrogens with two attached hydrogens (primary N) is 1. The molecule has 2 rings (SSSR count). The molecule has 0 bridgehead atoms. The number of H-pyrrole nitrogens is 1. The fourth-order valence-electron chi connectivity index (χ4n) is 2.44. The molecule has 0 spiro atoms. The maximum atomic E-state index is 11.9. The molecule has 0 aliphatic carbocycles. The molecule has 0 aromatic carbocycles. The van der Waals surface area contributed by atoms with Gasteiger partial charge in [0.05, 0.1) is 19.3 Å². The minimum atomic E-state index is -0.530. The Labute approximate surface area is 122 Å². The number of aromatic amines is 1. The highest BCUT2D eigenvalue weighted by Gasteiger charge is 2.24. The molecule has 0 radical (unpaired) electrons. The maximum Gasteiger partial charge on any atom is 0.330 e. The first-order chi connectivity index (χ1) is 10.0. The van der Waals surface area contributed by atoms with E-state index >= 15 is 0 Å². The van der Waals surface area contributed by atoms with Crippen LogP contribution in [0.4, 0.5) is 11.5 Å². The third-order valence-corrected chi connectivity index (χ3v) is 3.83. The molecule has 4 N–H and O–H groups in total. The van der Waals surface area contributed by atoms with E-state index in [1.165, 1.54) is 11.7 Å². The van der Waals surface area contributed by atoms with E-state index in [4.69, 9.17) is 15.2 Å². The summed E-state index contributed by atoms with van der Waals surface area (Å²) in [4.78, 5) is 25.9. The Morgan fingerprint density at radius 2 is 2.29 bits per heavy atom. The highest BCUT2D eigenvalue weighted by molar-refractivity contribution is 5.60. The zero-order chi connectivity index (χ0) is 15.4. The van der Waals surface area contributed by atoms with Crippen molar-refractivity contribution in [2.45, 2.75) is 26.0 Å². The Hall–Kier alpha value is -1.80. The number of nitrogen functional groups attached to an aromatic ring is 1. The van der Waals surface area contributed by atoms with E-state index in [2.05, 4.69) is 10.3 Å². The molecule has 21 heavy (non-hydrogen) atoms. The van der Waals surface area contributed by atoms with Crippen molar-refractivity contribution < 1.29 is 9.47 Å². The van der Waals surface area contributed by atoms with Crippen LogP contribution in [0.2, 0.25) is 0 Å². The van der Waals surface area contributed by atoms with Crippen LogP contribution in [0, 0.1) is 5.92 Å². The van der Waals surface area contributed by atoms with Gasteiger partial charge < -0.3 is 20.5 Å². The summed E-state index contributed by atoms with van der Waals surface area (Å²) in [6, 6.07) is 0. The van der Waals surface area contributed by atoms with Crippen molar-refractivity contribution in [2.75, 3.05) is 37.9 Å². The standard InChI is InChI=1S/C13H22N4O4/c1-8-9(3-5-21-8)7-15-10-11(14)17(4-6-20-2)13(19)16-12(10)18/h8-9,15H,3-7,14H2,1-2H3,(H,16,18,19). The van der Waals surface area contributed by atoms with Crippen molar-refractivity contribution in [3.63, 3.8) is 0 Å². The summed E-state index contributed by atoms with van der Waals surface area (Å²) < 4.78 is 11.7. The predicted molar refractivity (Wildman–Crippen MR) is 79.6 cm³/mol. The number of hydrogen-bond acceptors (Lipinski definition) is 6. The zero-order valence-electron chi connectivity index (χ0n) is 12.3. The van der Waals surface area contributed by atoms with Crippen molar-refractivity contribution >= 4 is 11.5 Å². The minimum Gasteiger partial charge on any atom is -0.383 e. The summed E-state index contributed by atoms with van der Waals surface area (Å²) in [5.74, 6) is 0.454. The number of nitrogens with one attached hydrogen (secondary N) is 2. The molecule has 1 aliphatic heterocycles. The largest absolute Gasteiger partial charge is 0.383 e. The zero-order valence-corrected chi connectivity index (χ0v) is 12.3. The summed E-state index contributed by atoms with van der Waals surface area (Å²) in [5, 5.41) is 3.05. The minimum absolute atomic E-state index is 0.132. The van der Waals surface area contributed by atoms with E-state index in [1.807, 2.05) is 6.92 Å². The van der Waals surface area contributed by atoms with Crippen molar-refractivity contribution in [1.82, 2.24) is 9.55 Å². The second kappa shape index (κ2) is 6.77. The van der Waals surface area contributed by atoms with Crippen LogP contribution in [-0.2, 0) is 16.0 Å². The smallest absolute Gasteiger partial charge is 0.330 e. The summed E-state index contributed by atoms with van der Waals surface area (Å²) >= 11 is 0. The Morgan fingerprint density at radius 1 is 1.52 bits per heavy atom. The van der Waals surface area contributed by atoms with Gasteiger partial charge in [-0.1, -0.05) is 0 Å². The van der Waals surface area contributed by atoms with Gasteiger partial charge in [0.15, 0.2) is 0 Å². The molecule has 8 nitrogen and oxygen atoms in total. The predicted octanol–water partition coefficient (Wildman–Crippen LogP) is -0.398. The lowest BCUT2D eigenvalue weighted by Gasteiger charge is -2.17. The second-order valence-electron chi connectivity index (χ2n) is 5.17. The topological polar surface area (TPSA) is 111 Å². The van der Waals surface area contributed by atoms with E-state index in [9.17, 15) is 9.59 Å². The van der Waals surface area contributed by atoms with Crippen LogP contribution < -0.4 is 22.3 Å². The van der Waals surface area contributed by atoms with Crippen LogP contribution in [0.5, 0.6) is 0 Å². The Bertz CT molecular complexity index is 595. The fraction of sp³-hybridized carbons (Fsp3) is 0.692. The number of methoxy groups -OCH3 is 1. The van der Waals surface area contributed by atoms with Gasteiger partial charge >= 0.3 is 5.69 Å². The number of nitrogens with zero attached hydrogens (tertiary/aromatic N) is 1. The third kappa shape index (κ3) is 3.45. The van der Waals surface area contributed by atoms with Gasteiger partial charge in [0, 0.05) is 26.2 Å². The van der Waals surface area contributed by atoms with Gasteiger partial charge in [-0.25, -0.2) is 4.79 Å².